The Labute approximate surface area is 93.4 Å². The lowest BCUT2D eigenvalue weighted by Gasteiger charge is -2.26. The average molecular weight is 230 g/mol. The summed E-state index contributed by atoms with van der Waals surface area (Å²) >= 11 is 5.76. The van der Waals surface area contributed by atoms with Gasteiger partial charge in [-0.3, -0.25) is 0 Å². The molecule has 1 heterocycles. The molecule has 0 aliphatic carbocycles. The molecule has 0 saturated carbocycles. The first-order valence-corrected chi connectivity index (χ1v) is 5.33. The van der Waals surface area contributed by atoms with Crippen LogP contribution in [0.4, 0.5) is 4.39 Å². The normalized spacial score (nSPS) is 21.7. The van der Waals surface area contributed by atoms with Gasteiger partial charge in [0.15, 0.2) is 0 Å². The van der Waals surface area contributed by atoms with Crippen LogP contribution in [0.5, 0.6) is 0 Å². The summed E-state index contributed by atoms with van der Waals surface area (Å²) in [4.78, 5) is 0. The second-order valence-electron chi connectivity index (χ2n) is 3.67. The van der Waals surface area contributed by atoms with Crippen LogP contribution in [-0.4, -0.2) is 19.8 Å². The van der Waals surface area contributed by atoms with Crippen molar-refractivity contribution >= 4 is 11.6 Å². The number of ether oxygens (including phenoxy) is 1. The van der Waals surface area contributed by atoms with E-state index in [1.165, 1.54) is 0 Å². The van der Waals surface area contributed by atoms with E-state index in [1.807, 2.05) is 13.0 Å². The molecule has 82 valence electrons. The van der Waals surface area contributed by atoms with Crippen LogP contribution in [0.1, 0.15) is 17.2 Å². The smallest absolute Gasteiger partial charge is 0.146 e. The second-order valence-corrected chi connectivity index (χ2v) is 4.08. The average Bonchev–Trinajstić information content (AvgIpc) is 2.26. The highest BCUT2D eigenvalue weighted by molar-refractivity contribution is 6.30. The molecular weight excluding hydrogens is 217 g/mol. The summed E-state index contributed by atoms with van der Waals surface area (Å²) in [6.07, 6.45) is 0. The van der Waals surface area contributed by atoms with E-state index in [0.29, 0.717) is 18.8 Å². The van der Waals surface area contributed by atoms with Crippen molar-refractivity contribution in [3.05, 3.63) is 34.1 Å². The summed E-state index contributed by atoms with van der Waals surface area (Å²) in [7, 11) is 0. The van der Waals surface area contributed by atoms with E-state index >= 15 is 0 Å². The van der Waals surface area contributed by atoms with E-state index in [1.54, 1.807) is 6.07 Å². The number of hydrogen-bond acceptors (Lipinski definition) is 2. The van der Waals surface area contributed by atoms with Crippen LogP contribution in [0.2, 0.25) is 5.02 Å². The van der Waals surface area contributed by atoms with Gasteiger partial charge in [0.05, 0.1) is 24.3 Å². The van der Waals surface area contributed by atoms with Gasteiger partial charge in [-0.1, -0.05) is 17.7 Å². The van der Waals surface area contributed by atoms with Gasteiger partial charge in [0, 0.05) is 12.1 Å². The number of halogens is 2. The molecule has 1 aromatic carbocycles. The van der Waals surface area contributed by atoms with E-state index in [0.717, 1.165) is 12.1 Å². The summed E-state index contributed by atoms with van der Waals surface area (Å²) < 4.78 is 19.1. The van der Waals surface area contributed by atoms with Gasteiger partial charge in [-0.15, -0.1) is 0 Å². The molecule has 15 heavy (non-hydrogen) atoms. The minimum Gasteiger partial charge on any atom is -0.378 e. The van der Waals surface area contributed by atoms with Gasteiger partial charge in [0.2, 0.25) is 0 Å². The Bertz CT molecular complexity index is 364. The molecule has 1 N–H and O–H groups in total. The Hall–Kier alpha value is -0.640. The quantitative estimate of drug-likeness (QED) is 0.799. The minimum atomic E-state index is -0.334. The van der Waals surface area contributed by atoms with Crippen molar-refractivity contribution < 1.29 is 9.13 Å². The third kappa shape index (κ3) is 2.14. The Morgan fingerprint density at radius 1 is 1.53 bits per heavy atom. The standard InChI is InChI=1S/C11H13ClFNO/c1-7-2-3-8(12)11(13)10(7)9-6-15-5-4-14-9/h2-3,9,14H,4-6H2,1H3. The first-order valence-electron chi connectivity index (χ1n) is 4.96. The summed E-state index contributed by atoms with van der Waals surface area (Å²) in [5, 5.41) is 3.39. The SMILES string of the molecule is Cc1ccc(Cl)c(F)c1C1COCCN1. The summed E-state index contributed by atoms with van der Waals surface area (Å²) in [5.74, 6) is -0.334. The van der Waals surface area contributed by atoms with Gasteiger partial charge in [-0.2, -0.15) is 0 Å². The lowest BCUT2D eigenvalue weighted by molar-refractivity contribution is 0.0755. The first kappa shape index (κ1) is 10.9. The Balaban J connectivity index is 2.36. The zero-order chi connectivity index (χ0) is 10.8. The highest BCUT2D eigenvalue weighted by Gasteiger charge is 2.22. The first-order chi connectivity index (χ1) is 7.20. The minimum absolute atomic E-state index is 0.0857. The summed E-state index contributed by atoms with van der Waals surface area (Å²) in [5.41, 5.74) is 1.53. The van der Waals surface area contributed by atoms with Gasteiger partial charge < -0.3 is 10.1 Å². The highest BCUT2D eigenvalue weighted by Crippen LogP contribution is 2.27. The van der Waals surface area contributed by atoms with Crippen LogP contribution in [0.3, 0.4) is 0 Å². The fourth-order valence-corrected chi connectivity index (χ4v) is 2.01. The van der Waals surface area contributed by atoms with Crippen molar-refractivity contribution in [1.29, 1.82) is 0 Å². The maximum atomic E-state index is 13.8. The molecule has 0 amide bonds. The van der Waals surface area contributed by atoms with Crippen molar-refractivity contribution in [3.8, 4) is 0 Å². The third-order valence-electron chi connectivity index (χ3n) is 2.62. The van der Waals surface area contributed by atoms with Crippen LogP contribution in [0.15, 0.2) is 12.1 Å². The van der Waals surface area contributed by atoms with Gasteiger partial charge in [-0.25, -0.2) is 4.39 Å². The van der Waals surface area contributed by atoms with Crippen molar-refractivity contribution in [2.75, 3.05) is 19.8 Å². The molecule has 4 heteroatoms. The van der Waals surface area contributed by atoms with Gasteiger partial charge in [-0.05, 0) is 18.6 Å². The number of nitrogens with one attached hydrogen (secondary N) is 1. The van der Waals surface area contributed by atoms with Crippen molar-refractivity contribution in [3.63, 3.8) is 0 Å². The highest BCUT2D eigenvalue weighted by atomic mass is 35.5. The van der Waals surface area contributed by atoms with E-state index in [-0.39, 0.29) is 16.9 Å². The molecule has 2 rings (SSSR count). The molecule has 1 aliphatic heterocycles. The van der Waals surface area contributed by atoms with E-state index in [2.05, 4.69) is 5.32 Å². The maximum absolute atomic E-state index is 13.8. The number of morpholine rings is 1. The molecule has 1 unspecified atom stereocenters. The van der Waals surface area contributed by atoms with E-state index in [4.69, 9.17) is 16.3 Å². The van der Waals surface area contributed by atoms with E-state index in [9.17, 15) is 4.39 Å². The Morgan fingerprint density at radius 2 is 2.33 bits per heavy atom. The maximum Gasteiger partial charge on any atom is 0.146 e. The fourth-order valence-electron chi connectivity index (χ4n) is 1.84. The molecule has 1 saturated heterocycles. The molecule has 1 fully saturated rings. The fraction of sp³-hybridized carbons (Fsp3) is 0.455. The number of hydrogen-bond donors (Lipinski definition) is 1. The molecule has 1 atom stereocenters. The van der Waals surface area contributed by atoms with Crippen LogP contribution in [-0.2, 0) is 4.74 Å². The van der Waals surface area contributed by atoms with Gasteiger partial charge in [0.25, 0.3) is 0 Å². The summed E-state index contributed by atoms with van der Waals surface area (Å²) in [6, 6.07) is 3.33. The Kier molecular flexibility index (Phi) is 3.24. The summed E-state index contributed by atoms with van der Waals surface area (Å²) in [6.45, 7) is 3.80. The molecular formula is C11H13ClFNO. The molecule has 0 aromatic heterocycles. The molecule has 1 aliphatic rings. The van der Waals surface area contributed by atoms with Crippen LogP contribution < -0.4 is 5.32 Å². The van der Waals surface area contributed by atoms with Gasteiger partial charge >= 0.3 is 0 Å². The van der Waals surface area contributed by atoms with Crippen molar-refractivity contribution in [2.24, 2.45) is 0 Å². The zero-order valence-electron chi connectivity index (χ0n) is 8.52. The van der Waals surface area contributed by atoms with Crippen molar-refractivity contribution in [2.45, 2.75) is 13.0 Å². The van der Waals surface area contributed by atoms with Crippen LogP contribution in [0, 0.1) is 12.7 Å². The molecule has 0 bridgehead atoms. The monoisotopic (exact) mass is 229 g/mol. The van der Waals surface area contributed by atoms with Crippen molar-refractivity contribution in [1.82, 2.24) is 5.32 Å². The van der Waals surface area contributed by atoms with Crippen LogP contribution >= 0.6 is 11.6 Å². The largest absolute Gasteiger partial charge is 0.378 e. The molecule has 0 radical (unpaired) electrons. The predicted octanol–water partition coefficient (Wildman–Crippen LogP) is 2.45. The lowest BCUT2D eigenvalue weighted by Crippen LogP contribution is -2.35. The predicted molar refractivity (Wildman–Crippen MR) is 57.7 cm³/mol. The molecule has 0 spiro atoms. The number of benzene rings is 1. The topological polar surface area (TPSA) is 21.3 Å². The second kappa shape index (κ2) is 4.47. The number of rotatable bonds is 1. The Morgan fingerprint density at radius 3 is 3.00 bits per heavy atom. The van der Waals surface area contributed by atoms with Gasteiger partial charge in [0.1, 0.15) is 5.82 Å². The third-order valence-corrected chi connectivity index (χ3v) is 2.91. The van der Waals surface area contributed by atoms with Crippen LogP contribution in [0.25, 0.3) is 0 Å². The number of aryl methyl sites for hydroxylation is 1. The lowest BCUT2D eigenvalue weighted by atomic mass is 10.0. The van der Waals surface area contributed by atoms with E-state index < -0.39 is 0 Å². The zero-order valence-corrected chi connectivity index (χ0v) is 9.27. The molecule has 2 nitrogen and oxygen atoms in total. The molecule has 1 aromatic rings.